The quantitative estimate of drug-likeness (QED) is 0.118. The van der Waals surface area contributed by atoms with Crippen molar-refractivity contribution in [3.63, 3.8) is 0 Å². The molecule has 1 N–H and O–H groups in total. The summed E-state index contributed by atoms with van der Waals surface area (Å²) in [5, 5.41) is 5.07. The molecule has 0 radical (unpaired) electrons. The van der Waals surface area contributed by atoms with Crippen LogP contribution in [0.15, 0.2) is 200 Å². The molecule has 0 amide bonds. The highest BCUT2D eigenvalue weighted by Crippen LogP contribution is 2.37. The minimum absolute atomic E-state index is 1.15. The van der Waals surface area contributed by atoms with Gasteiger partial charge in [-0.15, -0.1) is 0 Å². The Balaban J connectivity index is 1.10. The number of anilines is 2. The average Bonchev–Trinajstić information content (AvgIpc) is 3.23. The highest BCUT2D eigenvalue weighted by atomic mass is 15.1. The third-order valence-electron chi connectivity index (χ3n) is 10.3. The second-order valence-corrected chi connectivity index (χ2v) is 13.5. The molecule has 0 aliphatic heterocycles. The van der Waals surface area contributed by atoms with E-state index in [0.29, 0.717) is 0 Å². The molecule has 2 heteroatoms. The molecule has 0 saturated heterocycles. The van der Waals surface area contributed by atoms with Gasteiger partial charge in [0.1, 0.15) is 17.1 Å². The van der Waals surface area contributed by atoms with E-state index in [0.717, 1.165) is 5.69 Å². The van der Waals surface area contributed by atoms with Gasteiger partial charge in [0.15, 0.2) is 0 Å². The van der Waals surface area contributed by atoms with E-state index in [4.69, 9.17) is 0 Å². The Morgan fingerprint density at radius 2 is 0.943 bits per heavy atom. The lowest BCUT2D eigenvalue weighted by molar-refractivity contribution is -0.681. The smallest absolute Gasteiger partial charge is 0.141 e. The molecule has 0 aliphatic carbocycles. The Morgan fingerprint density at radius 1 is 0.472 bits per heavy atom. The van der Waals surface area contributed by atoms with Crippen LogP contribution in [0, 0.1) is 0 Å². The first kappa shape index (κ1) is 33.7. The summed E-state index contributed by atoms with van der Waals surface area (Å²) in [5.41, 5.74) is 13.2. The fourth-order valence-corrected chi connectivity index (χ4v) is 7.49. The van der Waals surface area contributed by atoms with Crippen LogP contribution in [0.25, 0.3) is 49.4 Å². The molecule has 1 unspecified atom stereocenters. The van der Waals surface area contributed by atoms with Crippen LogP contribution in [0.2, 0.25) is 0 Å². The van der Waals surface area contributed by atoms with Crippen LogP contribution in [0.3, 0.4) is 0 Å². The van der Waals surface area contributed by atoms with Crippen molar-refractivity contribution < 1.29 is 4.90 Å². The van der Waals surface area contributed by atoms with Crippen LogP contribution in [0.5, 0.6) is 0 Å². The van der Waals surface area contributed by atoms with E-state index in [1.54, 1.807) is 0 Å². The number of fused-ring (bicyclic) bond motifs is 3. The van der Waals surface area contributed by atoms with Gasteiger partial charge in [0, 0.05) is 60.2 Å². The van der Waals surface area contributed by atoms with Crippen molar-refractivity contribution in [1.82, 2.24) is 0 Å². The van der Waals surface area contributed by atoms with Gasteiger partial charge in [-0.1, -0.05) is 109 Å². The average molecular weight is 684 g/mol. The van der Waals surface area contributed by atoms with E-state index in [9.17, 15) is 0 Å². The van der Waals surface area contributed by atoms with E-state index in [2.05, 4.69) is 226 Å². The third-order valence-corrected chi connectivity index (χ3v) is 10.3. The molecule has 0 fully saturated rings. The highest BCUT2D eigenvalue weighted by molar-refractivity contribution is 6.13. The van der Waals surface area contributed by atoms with Crippen LogP contribution >= 0.6 is 0 Å². The Kier molecular flexibility index (Phi) is 9.53. The molecule has 256 valence electrons. The van der Waals surface area contributed by atoms with Crippen LogP contribution < -0.4 is 9.80 Å². The molecule has 53 heavy (non-hydrogen) atoms. The second-order valence-electron chi connectivity index (χ2n) is 13.5. The number of benzene rings is 8. The van der Waals surface area contributed by atoms with Crippen LogP contribution in [-0.2, 0) is 0 Å². The summed E-state index contributed by atoms with van der Waals surface area (Å²) in [4.78, 5) is 3.52. The largest absolute Gasteiger partial charge is 0.344 e. The maximum absolute atomic E-state index is 2.31. The van der Waals surface area contributed by atoms with Crippen LogP contribution in [0.4, 0.5) is 28.4 Å². The molecule has 0 aliphatic rings. The van der Waals surface area contributed by atoms with E-state index in [-0.39, 0.29) is 0 Å². The predicted molar refractivity (Wildman–Crippen MR) is 228 cm³/mol. The van der Waals surface area contributed by atoms with Crippen molar-refractivity contribution in [3.8, 4) is 22.3 Å². The number of hydrogen-bond acceptors (Lipinski definition) is 1. The minimum Gasteiger partial charge on any atom is -0.344 e. The maximum Gasteiger partial charge on any atom is 0.141 e. The van der Waals surface area contributed by atoms with Gasteiger partial charge in [-0.3, -0.25) is 0 Å². The molecular weight excluding hydrogens is 641 g/mol. The Bertz CT molecular complexity index is 2540. The first-order valence-corrected chi connectivity index (χ1v) is 18.4. The normalized spacial score (nSPS) is 12.4. The van der Waals surface area contributed by atoms with Crippen molar-refractivity contribution in [2.24, 2.45) is 0 Å². The van der Waals surface area contributed by atoms with E-state index < -0.39 is 0 Å². The van der Waals surface area contributed by atoms with Crippen LogP contribution in [0.1, 0.15) is 19.4 Å². The maximum atomic E-state index is 2.31. The van der Waals surface area contributed by atoms with Gasteiger partial charge in [-0.05, 0) is 118 Å². The lowest BCUT2D eigenvalue weighted by Crippen LogP contribution is -2.96. The lowest BCUT2D eigenvalue weighted by atomic mass is 9.99. The minimum atomic E-state index is 1.15. The van der Waals surface area contributed by atoms with E-state index in [1.807, 2.05) is 0 Å². The topological polar surface area (TPSA) is 7.68 Å². The zero-order chi connectivity index (χ0) is 36.1. The number of quaternary nitrogens is 1. The third kappa shape index (κ3) is 6.81. The van der Waals surface area contributed by atoms with E-state index in [1.165, 1.54) is 82.6 Å². The first-order chi connectivity index (χ1) is 26.1. The first-order valence-electron chi connectivity index (χ1n) is 18.4. The SMILES string of the molecule is C/C=C\C(=C/C)c1ccc([NH+](c2ccc(-c3ccccc3)cc2)c2ccc(-c3ccc(N(C)c4cc5ccccc5c5ccccc45)cc3)cc2)cc1. The van der Waals surface area contributed by atoms with Gasteiger partial charge >= 0.3 is 0 Å². The van der Waals surface area contributed by atoms with Crippen molar-refractivity contribution in [3.05, 3.63) is 206 Å². The molecule has 0 aromatic heterocycles. The van der Waals surface area contributed by atoms with Gasteiger partial charge in [0.25, 0.3) is 0 Å². The summed E-state index contributed by atoms with van der Waals surface area (Å²) in [5.74, 6) is 0. The lowest BCUT2D eigenvalue weighted by Gasteiger charge is -2.23. The highest BCUT2D eigenvalue weighted by Gasteiger charge is 2.20. The monoisotopic (exact) mass is 683 g/mol. The number of nitrogens with zero attached hydrogens (tertiary/aromatic N) is 1. The fraction of sp³-hybridized carbons (Fsp3) is 0.0588. The Hall–Kier alpha value is -6.48. The summed E-state index contributed by atoms with van der Waals surface area (Å²) in [7, 11) is 2.16. The molecule has 0 bridgehead atoms. The van der Waals surface area contributed by atoms with Gasteiger partial charge in [-0.25, -0.2) is 4.90 Å². The molecule has 8 aromatic rings. The molecule has 8 rings (SSSR count). The molecule has 8 aromatic carbocycles. The summed E-state index contributed by atoms with van der Waals surface area (Å²) in [6.07, 6.45) is 6.42. The van der Waals surface area contributed by atoms with Crippen molar-refractivity contribution in [2.45, 2.75) is 13.8 Å². The standard InChI is InChI=1S/C51H42N2/c1-4-13-37(5-2)39-22-30-45(31-23-39)53(46-32-24-40(25-33-46)38-14-7-6-8-15-38)47-34-26-42(27-35-47)41-20-28-44(29-21-41)52(3)51-36-43-16-9-10-17-48(43)49-18-11-12-19-50(49)51/h4-36H,1-3H3/p+1/b13-4-,37-5+. The van der Waals surface area contributed by atoms with E-state index >= 15 is 0 Å². The molecule has 0 spiro atoms. The predicted octanol–water partition coefficient (Wildman–Crippen LogP) is 13.3. The molecular formula is C51H43N2+. The summed E-state index contributed by atoms with van der Waals surface area (Å²) in [6.45, 7) is 4.15. The van der Waals surface area contributed by atoms with Crippen molar-refractivity contribution in [1.29, 1.82) is 0 Å². The zero-order valence-corrected chi connectivity index (χ0v) is 30.5. The zero-order valence-electron chi connectivity index (χ0n) is 30.5. The van der Waals surface area contributed by atoms with Crippen LogP contribution in [-0.4, -0.2) is 7.05 Å². The number of hydrogen-bond donors (Lipinski definition) is 1. The number of rotatable bonds is 9. The fourth-order valence-electron chi connectivity index (χ4n) is 7.49. The van der Waals surface area contributed by atoms with Gasteiger partial charge < -0.3 is 4.90 Å². The summed E-state index contributed by atoms with van der Waals surface area (Å²) in [6, 6.07) is 66.2. The molecule has 2 nitrogen and oxygen atoms in total. The molecule has 0 saturated carbocycles. The van der Waals surface area contributed by atoms with Crippen molar-refractivity contribution in [2.75, 3.05) is 11.9 Å². The van der Waals surface area contributed by atoms with Gasteiger partial charge in [0.05, 0.1) is 0 Å². The molecule has 1 atom stereocenters. The summed E-state index contributed by atoms with van der Waals surface area (Å²) < 4.78 is 0. The second kappa shape index (κ2) is 15.0. The van der Waals surface area contributed by atoms with Crippen molar-refractivity contribution >= 4 is 55.6 Å². The van der Waals surface area contributed by atoms with Gasteiger partial charge in [0.2, 0.25) is 0 Å². The molecule has 0 heterocycles. The number of nitrogens with one attached hydrogen (secondary N) is 1. The Labute approximate surface area is 313 Å². The summed E-state index contributed by atoms with van der Waals surface area (Å²) >= 11 is 0. The van der Waals surface area contributed by atoms with Gasteiger partial charge in [-0.2, -0.15) is 0 Å². The number of allylic oxidation sites excluding steroid dienone is 4. The Morgan fingerprint density at radius 3 is 1.51 bits per heavy atom.